The number of fused-ring (bicyclic) bond motifs is 1. The van der Waals surface area contributed by atoms with Gasteiger partial charge in [-0.25, -0.2) is 8.42 Å². The average Bonchev–Trinajstić information content (AvgIpc) is 3.01. The molecule has 0 radical (unpaired) electrons. The average molecular weight is 324 g/mol. The highest BCUT2D eigenvalue weighted by atomic mass is 32.2. The van der Waals surface area contributed by atoms with Gasteiger partial charge in [0, 0.05) is 19.5 Å². The van der Waals surface area contributed by atoms with Crippen molar-refractivity contribution >= 4 is 10.0 Å². The standard InChI is InChI=1S/C16H24N2O3S/c1-17-8-4-13-5-9-18(10-6-13)22(19,20)15-2-3-16-14(12-15)7-11-21-16/h2-3,12-13,17H,4-11H2,1H3. The molecule has 1 aromatic rings. The molecule has 5 nitrogen and oxygen atoms in total. The van der Waals surface area contributed by atoms with Gasteiger partial charge in [0.25, 0.3) is 0 Å². The highest BCUT2D eigenvalue weighted by Gasteiger charge is 2.30. The summed E-state index contributed by atoms with van der Waals surface area (Å²) in [6.07, 6.45) is 3.83. The van der Waals surface area contributed by atoms with Crippen LogP contribution >= 0.6 is 0 Å². The summed E-state index contributed by atoms with van der Waals surface area (Å²) in [6, 6.07) is 5.24. The molecule has 1 aromatic carbocycles. The van der Waals surface area contributed by atoms with Gasteiger partial charge in [-0.05, 0) is 62.5 Å². The van der Waals surface area contributed by atoms with Crippen LogP contribution in [0.3, 0.4) is 0 Å². The molecule has 1 saturated heterocycles. The Morgan fingerprint density at radius 3 is 2.82 bits per heavy atom. The number of nitrogens with zero attached hydrogens (tertiary/aromatic N) is 1. The maximum atomic E-state index is 12.8. The molecular weight excluding hydrogens is 300 g/mol. The Kier molecular flexibility index (Phi) is 4.70. The van der Waals surface area contributed by atoms with Gasteiger partial charge < -0.3 is 10.1 Å². The van der Waals surface area contributed by atoms with E-state index in [0.29, 0.717) is 30.5 Å². The second-order valence-electron chi connectivity index (χ2n) is 6.11. The van der Waals surface area contributed by atoms with Gasteiger partial charge in [0.2, 0.25) is 10.0 Å². The van der Waals surface area contributed by atoms with Gasteiger partial charge >= 0.3 is 0 Å². The Morgan fingerprint density at radius 2 is 2.09 bits per heavy atom. The summed E-state index contributed by atoms with van der Waals surface area (Å²) in [5.74, 6) is 1.46. The van der Waals surface area contributed by atoms with E-state index in [1.54, 1.807) is 22.5 Å². The molecule has 2 aliphatic heterocycles. The number of sulfonamides is 1. The monoisotopic (exact) mass is 324 g/mol. The quantitative estimate of drug-likeness (QED) is 0.894. The molecule has 1 fully saturated rings. The Hall–Kier alpha value is -1.11. The predicted octanol–water partition coefficient (Wildman–Crippen LogP) is 1.63. The third-order valence-electron chi connectivity index (χ3n) is 4.67. The second kappa shape index (κ2) is 6.56. The molecular formula is C16H24N2O3S. The van der Waals surface area contributed by atoms with Crippen molar-refractivity contribution < 1.29 is 13.2 Å². The topological polar surface area (TPSA) is 58.6 Å². The van der Waals surface area contributed by atoms with Crippen molar-refractivity contribution in [3.63, 3.8) is 0 Å². The molecule has 0 atom stereocenters. The van der Waals surface area contributed by atoms with E-state index in [9.17, 15) is 8.42 Å². The fraction of sp³-hybridized carbons (Fsp3) is 0.625. The molecule has 0 saturated carbocycles. The first-order valence-corrected chi connectivity index (χ1v) is 9.46. The molecule has 0 unspecified atom stereocenters. The van der Waals surface area contributed by atoms with Crippen LogP contribution < -0.4 is 10.1 Å². The predicted molar refractivity (Wildman–Crippen MR) is 85.7 cm³/mol. The molecule has 6 heteroatoms. The number of benzene rings is 1. The molecule has 2 heterocycles. The summed E-state index contributed by atoms with van der Waals surface area (Å²) in [4.78, 5) is 0.408. The number of hydrogen-bond donors (Lipinski definition) is 1. The number of hydrogen-bond acceptors (Lipinski definition) is 4. The van der Waals surface area contributed by atoms with E-state index in [2.05, 4.69) is 5.32 Å². The summed E-state index contributed by atoms with van der Waals surface area (Å²) in [6.45, 7) is 2.91. The Bertz CT molecular complexity index is 622. The second-order valence-corrected chi connectivity index (χ2v) is 8.05. The minimum atomic E-state index is -3.37. The Morgan fingerprint density at radius 1 is 1.32 bits per heavy atom. The van der Waals surface area contributed by atoms with Crippen LogP contribution in [0.2, 0.25) is 0 Å². The molecule has 2 aliphatic rings. The first kappa shape index (κ1) is 15.8. The summed E-state index contributed by atoms with van der Waals surface area (Å²) in [7, 11) is -1.41. The molecule has 1 N–H and O–H groups in total. The van der Waals surface area contributed by atoms with E-state index in [-0.39, 0.29) is 0 Å². The lowest BCUT2D eigenvalue weighted by atomic mass is 9.95. The van der Waals surface area contributed by atoms with Gasteiger partial charge in [0.15, 0.2) is 0 Å². The first-order chi connectivity index (χ1) is 10.6. The highest BCUT2D eigenvalue weighted by molar-refractivity contribution is 7.89. The van der Waals surface area contributed by atoms with Gasteiger partial charge in [0.05, 0.1) is 11.5 Å². The molecule has 22 heavy (non-hydrogen) atoms. The summed E-state index contributed by atoms with van der Waals surface area (Å²) in [5, 5.41) is 3.16. The SMILES string of the molecule is CNCCC1CCN(S(=O)(=O)c2ccc3c(c2)CCO3)CC1. The number of piperidine rings is 1. The van der Waals surface area contributed by atoms with E-state index in [1.165, 1.54) is 0 Å². The van der Waals surface area contributed by atoms with E-state index < -0.39 is 10.0 Å². The lowest BCUT2D eigenvalue weighted by Gasteiger charge is -2.31. The maximum absolute atomic E-state index is 12.8. The lowest BCUT2D eigenvalue weighted by molar-refractivity contribution is 0.263. The summed E-state index contributed by atoms with van der Waals surface area (Å²) in [5.41, 5.74) is 1.00. The minimum absolute atomic E-state index is 0.408. The minimum Gasteiger partial charge on any atom is -0.493 e. The zero-order valence-electron chi connectivity index (χ0n) is 13.0. The van der Waals surface area contributed by atoms with E-state index in [0.717, 1.165) is 43.5 Å². The molecule has 0 aromatic heterocycles. The highest BCUT2D eigenvalue weighted by Crippen LogP contribution is 2.30. The van der Waals surface area contributed by atoms with Crippen LogP contribution in [0.15, 0.2) is 23.1 Å². The molecule has 0 bridgehead atoms. The molecule has 3 rings (SSSR count). The maximum Gasteiger partial charge on any atom is 0.243 e. The molecule has 0 aliphatic carbocycles. The van der Waals surface area contributed by atoms with Crippen LogP contribution in [0.1, 0.15) is 24.8 Å². The van der Waals surface area contributed by atoms with Gasteiger partial charge in [0.1, 0.15) is 5.75 Å². The number of ether oxygens (including phenoxy) is 1. The van der Waals surface area contributed by atoms with E-state index in [1.807, 2.05) is 7.05 Å². The van der Waals surface area contributed by atoms with Crippen molar-refractivity contribution in [3.8, 4) is 5.75 Å². The number of nitrogens with one attached hydrogen (secondary N) is 1. The van der Waals surface area contributed by atoms with Crippen LogP contribution in [-0.4, -0.2) is 46.0 Å². The van der Waals surface area contributed by atoms with Crippen molar-refractivity contribution in [2.24, 2.45) is 5.92 Å². The van der Waals surface area contributed by atoms with Crippen molar-refractivity contribution in [2.75, 3.05) is 33.3 Å². The normalized spacial score (nSPS) is 19.9. The lowest BCUT2D eigenvalue weighted by Crippen LogP contribution is -2.38. The van der Waals surface area contributed by atoms with Crippen LogP contribution in [-0.2, 0) is 16.4 Å². The van der Waals surface area contributed by atoms with Crippen molar-refractivity contribution in [1.29, 1.82) is 0 Å². The van der Waals surface area contributed by atoms with E-state index in [4.69, 9.17) is 4.74 Å². The first-order valence-electron chi connectivity index (χ1n) is 8.02. The summed E-state index contributed by atoms with van der Waals surface area (Å²) < 4.78 is 32.6. The van der Waals surface area contributed by atoms with E-state index >= 15 is 0 Å². The fourth-order valence-corrected chi connectivity index (χ4v) is 4.78. The Labute approximate surface area is 132 Å². The van der Waals surface area contributed by atoms with Crippen LogP contribution in [0.25, 0.3) is 0 Å². The van der Waals surface area contributed by atoms with Crippen LogP contribution in [0.5, 0.6) is 5.75 Å². The van der Waals surface area contributed by atoms with Crippen molar-refractivity contribution in [2.45, 2.75) is 30.6 Å². The van der Waals surface area contributed by atoms with Gasteiger partial charge in [-0.15, -0.1) is 0 Å². The molecule has 0 amide bonds. The van der Waals surface area contributed by atoms with Gasteiger partial charge in [-0.1, -0.05) is 0 Å². The largest absolute Gasteiger partial charge is 0.493 e. The Balaban J connectivity index is 1.69. The van der Waals surface area contributed by atoms with Crippen LogP contribution in [0, 0.1) is 5.92 Å². The van der Waals surface area contributed by atoms with Crippen LogP contribution in [0.4, 0.5) is 0 Å². The third-order valence-corrected chi connectivity index (χ3v) is 6.57. The summed E-state index contributed by atoms with van der Waals surface area (Å²) >= 11 is 0. The zero-order valence-corrected chi connectivity index (χ0v) is 13.9. The van der Waals surface area contributed by atoms with Crippen molar-refractivity contribution in [1.82, 2.24) is 9.62 Å². The zero-order chi connectivity index (χ0) is 15.6. The van der Waals surface area contributed by atoms with Gasteiger partial charge in [-0.3, -0.25) is 0 Å². The molecule has 0 spiro atoms. The third kappa shape index (κ3) is 3.14. The van der Waals surface area contributed by atoms with Crippen molar-refractivity contribution in [3.05, 3.63) is 23.8 Å². The fourth-order valence-electron chi connectivity index (χ4n) is 3.26. The number of rotatable bonds is 5. The molecule has 122 valence electrons. The smallest absolute Gasteiger partial charge is 0.243 e. The van der Waals surface area contributed by atoms with Gasteiger partial charge in [-0.2, -0.15) is 4.31 Å².